The van der Waals surface area contributed by atoms with Crippen LogP contribution in [0.2, 0.25) is 0 Å². The monoisotopic (exact) mass is 271 g/mol. The Hall–Kier alpha value is -2.37. The van der Waals surface area contributed by atoms with E-state index < -0.39 is 0 Å². The van der Waals surface area contributed by atoms with E-state index in [0.717, 1.165) is 37.2 Å². The van der Waals surface area contributed by atoms with Gasteiger partial charge >= 0.3 is 0 Å². The van der Waals surface area contributed by atoms with Crippen molar-refractivity contribution < 1.29 is 4.79 Å². The summed E-state index contributed by atoms with van der Waals surface area (Å²) in [6.07, 6.45) is 8.91. The number of nitrogens with zero attached hydrogens (tertiary/aromatic N) is 4. The standard InChI is InChI=1S/C14H17N5O/c15-12-3-4-16-7-11(12)13-8-17-10-19(13)9-14(20)18-5-1-2-6-18/h3-4,7-8,10H,1-2,5-6,9H2,(H2,15,16). The zero-order valence-corrected chi connectivity index (χ0v) is 11.2. The topological polar surface area (TPSA) is 77.0 Å². The summed E-state index contributed by atoms with van der Waals surface area (Å²) in [7, 11) is 0. The first-order valence-corrected chi connectivity index (χ1v) is 6.73. The van der Waals surface area contributed by atoms with Gasteiger partial charge in [0.25, 0.3) is 0 Å². The van der Waals surface area contributed by atoms with Gasteiger partial charge in [0.1, 0.15) is 6.54 Å². The van der Waals surface area contributed by atoms with E-state index in [0.29, 0.717) is 12.2 Å². The predicted octanol–water partition coefficient (Wildman–Crippen LogP) is 1.15. The second-order valence-corrected chi connectivity index (χ2v) is 4.96. The van der Waals surface area contributed by atoms with Gasteiger partial charge in [-0.05, 0) is 18.9 Å². The Morgan fingerprint density at radius 1 is 1.25 bits per heavy atom. The van der Waals surface area contributed by atoms with Crippen molar-refractivity contribution in [1.29, 1.82) is 0 Å². The predicted molar refractivity (Wildman–Crippen MR) is 75.7 cm³/mol. The van der Waals surface area contributed by atoms with E-state index >= 15 is 0 Å². The van der Waals surface area contributed by atoms with Gasteiger partial charge in [-0.2, -0.15) is 0 Å². The van der Waals surface area contributed by atoms with Crippen molar-refractivity contribution in [2.45, 2.75) is 19.4 Å². The highest BCUT2D eigenvalue weighted by atomic mass is 16.2. The smallest absolute Gasteiger partial charge is 0.242 e. The fourth-order valence-corrected chi connectivity index (χ4v) is 2.50. The molecule has 1 aliphatic heterocycles. The molecule has 1 fully saturated rings. The number of hydrogen-bond acceptors (Lipinski definition) is 4. The van der Waals surface area contributed by atoms with E-state index in [2.05, 4.69) is 9.97 Å². The highest BCUT2D eigenvalue weighted by Gasteiger charge is 2.19. The van der Waals surface area contributed by atoms with Crippen LogP contribution in [0.1, 0.15) is 12.8 Å². The third-order valence-corrected chi connectivity index (χ3v) is 3.61. The van der Waals surface area contributed by atoms with E-state index in [9.17, 15) is 4.79 Å². The number of carbonyl (C=O) groups excluding carboxylic acids is 1. The van der Waals surface area contributed by atoms with Crippen LogP contribution in [-0.4, -0.2) is 38.4 Å². The lowest BCUT2D eigenvalue weighted by Crippen LogP contribution is -2.31. The normalized spacial score (nSPS) is 14.7. The highest BCUT2D eigenvalue weighted by molar-refractivity contribution is 5.78. The fourth-order valence-electron chi connectivity index (χ4n) is 2.50. The maximum Gasteiger partial charge on any atom is 0.242 e. The van der Waals surface area contributed by atoms with Gasteiger partial charge < -0.3 is 15.2 Å². The summed E-state index contributed by atoms with van der Waals surface area (Å²) in [5.41, 5.74) is 8.22. The van der Waals surface area contributed by atoms with Crippen molar-refractivity contribution in [2.24, 2.45) is 0 Å². The van der Waals surface area contributed by atoms with Crippen LogP contribution in [0.4, 0.5) is 5.69 Å². The summed E-state index contributed by atoms with van der Waals surface area (Å²) >= 11 is 0. The number of aromatic nitrogens is 3. The van der Waals surface area contributed by atoms with Crippen molar-refractivity contribution >= 4 is 11.6 Å². The molecule has 0 radical (unpaired) electrons. The van der Waals surface area contributed by atoms with Gasteiger partial charge in [0.2, 0.25) is 5.91 Å². The van der Waals surface area contributed by atoms with Crippen molar-refractivity contribution in [3.63, 3.8) is 0 Å². The van der Waals surface area contributed by atoms with Crippen molar-refractivity contribution in [3.8, 4) is 11.3 Å². The Labute approximate surface area is 117 Å². The molecule has 0 bridgehead atoms. The van der Waals surface area contributed by atoms with E-state index in [1.165, 1.54) is 0 Å². The third kappa shape index (κ3) is 2.36. The number of imidazole rings is 1. The van der Waals surface area contributed by atoms with Gasteiger partial charge in [-0.15, -0.1) is 0 Å². The molecule has 0 aromatic carbocycles. The maximum atomic E-state index is 12.2. The molecule has 0 spiro atoms. The minimum absolute atomic E-state index is 0.129. The minimum atomic E-state index is 0.129. The Morgan fingerprint density at radius 3 is 2.80 bits per heavy atom. The van der Waals surface area contributed by atoms with Gasteiger partial charge in [-0.25, -0.2) is 4.98 Å². The molecule has 2 aromatic heterocycles. The van der Waals surface area contributed by atoms with Crippen molar-refractivity contribution in [1.82, 2.24) is 19.4 Å². The number of anilines is 1. The maximum absolute atomic E-state index is 12.2. The van der Waals surface area contributed by atoms with Crippen LogP contribution >= 0.6 is 0 Å². The van der Waals surface area contributed by atoms with E-state index in [4.69, 9.17) is 5.73 Å². The number of hydrogen-bond donors (Lipinski definition) is 1. The first-order valence-electron chi connectivity index (χ1n) is 6.73. The van der Waals surface area contributed by atoms with Crippen LogP contribution in [0.15, 0.2) is 31.0 Å². The number of carbonyl (C=O) groups is 1. The SMILES string of the molecule is Nc1ccncc1-c1cncn1CC(=O)N1CCCC1. The molecule has 2 N–H and O–H groups in total. The van der Waals surface area contributed by atoms with Crippen molar-refractivity contribution in [3.05, 3.63) is 31.0 Å². The van der Waals surface area contributed by atoms with Gasteiger partial charge in [0, 0.05) is 36.7 Å². The highest BCUT2D eigenvalue weighted by Crippen LogP contribution is 2.24. The summed E-state index contributed by atoms with van der Waals surface area (Å²) in [5.74, 6) is 0.129. The molecule has 3 rings (SSSR count). The molecule has 1 saturated heterocycles. The first-order chi connectivity index (χ1) is 9.75. The lowest BCUT2D eigenvalue weighted by molar-refractivity contribution is -0.130. The average molecular weight is 271 g/mol. The van der Waals surface area contributed by atoms with Gasteiger partial charge in [-0.1, -0.05) is 0 Å². The molecule has 0 saturated carbocycles. The minimum Gasteiger partial charge on any atom is -0.398 e. The fraction of sp³-hybridized carbons (Fsp3) is 0.357. The second-order valence-electron chi connectivity index (χ2n) is 4.96. The lowest BCUT2D eigenvalue weighted by atomic mass is 10.2. The molecule has 6 heteroatoms. The largest absolute Gasteiger partial charge is 0.398 e. The number of amides is 1. The van der Waals surface area contributed by atoms with Crippen LogP contribution < -0.4 is 5.73 Å². The van der Waals surface area contributed by atoms with Crippen LogP contribution in [0, 0.1) is 0 Å². The second kappa shape index (κ2) is 5.32. The molecule has 2 aromatic rings. The molecule has 0 unspecified atom stereocenters. The Morgan fingerprint density at radius 2 is 2.05 bits per heavy atom. The van der Waals surface area contributed by atoms with Crippen LogP contribution in [0.25, 0.3) is 11.3 Å². The van der Waals surface area contributed by atoms with Crippen LogP contribution in [0.5, 0.6) is 0 Å². The number of nitrogens with two attached hydrogens (primary N) is 1. The van der Waals surface area contributed by atoms with E-state index in [-0.39, 0.29) is 5.91 Å². The number of likely N-dealkylation sites (tertiary alicyclic amines) is 1. The molecular weight excluding hydrogens is 254 g/mol. The molecular formula is C14H17N5O. The zero-order valence-electron chi connectivity index (χ0n) is 11.2. The molecule has 3 heterocycles. The number of nitrogen functional groups attached to an aromatic ring is 1. The summed E-state index contributed by atoms with van der Waals surface area (Å²) in [6.45, 7) is 2.01. The lowest BCUT2D eigenvalue weighted by Gasteiger charge is -2.16. The quantitative estimate of drug-likeness (QED) is 0.908. The van der Waals surface area contributed by atoms with Gasteiger partial charge in [0.05, 0.1) is 18.2 Å². The van der Waals surface area contributed by atoms with E-state index in [1.54, 1.807) is 31.0 Å². The Balaban J connectivity index is 1.83. The molecule has 6 nitrogen and oxygen atoms in total. The van der Waals surface area contributed by atoms with Gasteiger partial charge in [0.15, 0.2) is 0 Å². The summed E-state index contributed by atoms with van der Waals surface area (Å²) in [4.78, 5) is 22.3. The molecule has 1 aliphatic rings. The summed E-state index contributed by atoms with van der Waals surface area (Å²) in [5, 5.41) is 0. The third-order valence-electron chi connectivity index (χ3n) is 3.61. The summed E-state index contributed by atoms with van der Waals surface area (Å²) < 4.78 is 1.83. The summed E-state index contributed by atoms with van der Waals surface area (Å²) in [6, 6.07) is 1.75. The number of pyridine rings is 1. The van der Waals surface area contributed by atoms with Gasteiger partial charge in [-0.3, -0.25) is 9.78 Å². The first kappa shape index (κ1) is 12.7. The molecule has 1 amide bonds. The van der Waals surface area contributed by atoms with Crippen molar-refractivity contribution in [2.75, 3.05) is 18.8 Å². The van der Waals surface area contributed by atoms with Crippen LogP contribution in [0.3, 0.4) is 0 Å². The van der Waals surface area contributed by atoms with E-state index in [1.807, 2.05) is 9.47 Å². The Kier molecular flexibility index (Phi) is 3.37. The molecule has 0 atom stereocenters. The molecule has 0 aliphatic carbocycles. The Bertz CT molecular complexity index is 616. The van der Waals surface area contributed by atoms with Crippen LogP contribution in [-0.2, 0) is 11.3 Å². The molecule has 104 valence electrons. The zero-order chi connectivity index (χ0) is 13.9. The average Bonchev–Trinajstić information content (AvgIpc) is 3.10. The molecule has 20 heavy (non-hydrogen) atoms. The number of rotatable bonds is 3.